The summed E-state index contributed by atoms with van der Waals surface area (Å²) in [5.74, 6) is 1.000. The van der Waals surface area contributed by atoms with Crippen LogP contribution in [-0.2, 0) is 6.42 Å². The topological polar surface area (TPSA) is 47.6 Å². The molecule has 0 spiro atoms. The molecule has 1 heterocycles. The minimum absolute atomic E-state index is 0.822. The van der Waals surface area contributed by atoms with Gasteiger partial charge in [-0.1, -0.05) is 6.07 Å². The molecule has 0 unspecified atom stereocenters. The van der Waals surface area contributed by atoms with E-state index in [0.29, 0.717) is 0 Å². The van der Waals surface area contributed by atoms with Gasteiger partial charge in [-0.15, -0.1) is 0 Å². The SMILES string of the molecule is CN=CC(=CN)c1ccc2c(c1)CCCO2. The van der Waals surface area contributed by atoms with Crippen molar-refractivity contribution in [1.29, 1.82) is 0 Å². The third-order valence-corrected chi connectivity index (χ3v) is 2.69. The van der Waals surface area contributed by atoms with Crippen LogP contribution in [0.5, 0.6) is 5.75 Å². The van der Waals surface area contributed by atoms with Crippen LogP contribution in [0.4, 0.5) is 0 Å². The van der Waals surface area contributed by atoms with Gasteiger partial charge in [-0.3, -0.25) is 4.99 Å². The Hall–Kier alpha value is -1.77. The number of hydrogen-bond donors (Lipinski definition) is 1. The third kappa shape index (κ3) is 2.08. The summed E-state index contributed by atoms with van der Waals surface area (Å²) in [4.78, 5) is 3.99. The van der Waals surface area contributed by atoms with Crippen molar-refractivity contribution in [2.45, 2.75) is 12.8 Å². The third-order valence-electron chi connectivity index (χ3n) is 2.69. The molecule has 0 fully saturated rings. The lowest BCUT2D eigenvalue weighted by atomic mass is 10.00. The van der Waals surface area contributed by atoms with Crippen LogP contribution in [0, 0.1) is 0 Å². The second kappa shape index (κ2) is 4.84. The van der Waals surface area contributed by atoms with Crippen LogP contribution in [0.25, 0.3) is 5.57 Å². The van der Waals surface area contributed by atoms with Crippen molar-refractivity contribution in [1.82, 2.24) is 0 Å². The molecule has 0 bridgehead atoms. The van der Waals surface area contributed by atoms with Crippen molar-refractivity contribution >= 4 is 11.8 Å². The molecule has 2 N–H and O–H groups in total. The molecular weight excluding hydrogens is 200 g/mol. The normalized spacial score (nSPS) is 15.9. The van der Waals surface area contributed by atoms with Crippen LogP contribution < -0.4 is 10.5 Å². The highest BCUT2D eigenvalue weighted by atomic mass is 16.5. The standard InChI is InChI=1S/C13H16N2O/c1-15-9-12(8-14)10-4-5-13-11(7-10)3-2-6-16-13/h4-5,7-9H,2-3,6,14H2,1H3. The van der Waals surface area contributed by atoms with Crippen molar-refractivity contribution in [3.8, 4) is 5.75 Å². The molecule has 16 heavy (non-hydrogen) atoms. The fourth-order valence-corrected chi connectivity index (χ4v) is 1.89. The fraction of sp³-hybridized carbons (Fsp3) is 0.308. The van der Waals surface area contributed by atoms with Crippen molar-refractivity contribution in [3.05, 3.63) is 35.5 Å². The van der Waals surface area contributed by atoms with Gasteiger partial charge in [0.25, 0.3) is 0 Å². The summed E-state index contributed by atoms with van der Waals surface area (Å²) in [5.41, 5.74) is 8.87. The first kappa shape index (κ1) is 10.7. The van der Waals surface area contributed by atoms with Gasteiger partial charge in [0.2, 0.25) is 0 Å². The van der Waals surface area contributed by atoms with Crippen LogP contribution in [0.15, 0.2) is 29.4 Å². The highest BCUT2D eigenvalue weighted by Gasteiger charge is 2.11. The lowest BCUT2D eigenvalue weighted by molar-refractivity contribution is 0.288. The largest absolute Gasteiger partial charge is 0.493 e. The molecule has 1 aromatic carbocycles. The number of benzene rings is 1. The first-order chi connectivity index (χ1) is 7.85. The maximum absolute atomic E-state index is 5.58. The zero-order valence-corrected chi connectivity index (χ0v) is 9.44. The molecule has 0 saturated heterocycles. The van der Waals surface area contributed by atoms with Gasteiger partial charge < -0.3 is 10.5 Å². The molecule has 0 atom stereocenters. The molecule has 0 radical (unpaired) electrons. The van der Waals surface area contributed by atoms with Gasteiger partial charge >= 0.3 is 0 Å². The van der Waals surface area contributed by atoms with E-state index in [1.165, 1.54) is 5.56 Å². The number of nitrogens with zero attached hydrogens (tertiary/aromatic N) is 1. The van der Waals surface area contributed by atoms with Gasteiger partial charge in [0.15, 0.2) is 0 Å². The molecule has 84 valence electrons. The molecular formula is C13H16N2O. The first-order valence-corrected chi connectivity index (χ1v) is 5.45. The molecule has 1 aromatic rings. The second-order valence-corrected chi connectivity index (χ2v) is 3.78. The summed E-state index contributed by atoms with van der Waals surface area (Å²) < 4.78 is 5.57. The van der Waals surface area contributed by atoms with E-state index in [9.17, 15) is 0 Å². The van der Waals surface area contributed by atoms with Crippen molar-refractivity contribution in [3.63, 3.8) is 0 Å². The quantitative estimate of drug-likeness (QED) is 0.769. The van der Waals surface area contributed by atoms with E-state index in [4.69, 9.17) is 10.5 Å². The van der Waals surface area contributed by atoms with Gasteiger partial charge in [-0.05, 0) is 36.1 Å². The highest BCUT2D eigenvalue weighted by molar-refractivity contribution is 6.09. The van der Waals surface area contributed by atoms with Crippen molar-refractivity contribution in [2.24, 2.45) is 10.7 Å². The minimum Gasteiger partial charge on any atom is -0.493 e. The van der Waals surface area contributed by atoms with Gasteiger partial charge in [-0.2, -0.15) is 0 Å². The maximum atomic E-state index is 5.58. The number of ether oxygens (including phenoxy) is 1. The number of fused-ring (bicyclic) bond motifs is 1. The first-order valence-electron chi connectivity index (χ1n) is 5.45. The molecule has 0 aliphatic carbocycles. The summed E-state index contributed by atoms with van der Waals surface area (Å²) in [6, 6.07) is 6.16. The zero-order chi connectivity index (χ0) is 11.4. The minimum atomic E-state index is 0.822. The predicted molar refractivity (Wildman–Crippen MR) is 66.8 cm³/mol. The highest BCUT2D eigenvalue weighted by Crippen LogP contribution is 2.27. The smallest absolute Gasteiger partial charge is 0.122 e. The van der Waals surface area contributed by atoms with E-state index in [1.807, 2.05) is 12.1 Å². The Morgan fingerprint density at radius 1 is 1.50 bits per heavy atom. The average molecular weight is 216 g/mol. The van der Waals surface area contributed by atoms with E-state index in [2.05, 4.69) is 11.1 Å². The predicted octanol–water partition coefficient (Wildman–Crippen LogP) is 2.01. The van der Waals surface area contributed by atoms with E-state index in [-0.39, 0.29) is 0 Å². The molecule has 0 aromatic heterocycles. The average Bonchev–Trinajstić information content (AvgIpc) is 2.35. The Balaban J connectivity index is 2.36. The van der Waals surface area contributed by atoms with E-state index >= 15 is 0 Å². The summed E-state index contributed by atoms with van der Waals surface area (Å²) >= 11 is 0. The molecule has 0 amide bonds. The lowest BCUT2D eigenvalue weighted by Crippen LogP contribution is -2.08. The Morgan fingerprint density at radius 3 is 3.12 bits per heavy atom. The summed E-state index contributed by atoms with van der Waals surface area (Å²) in [6.07, 6.45) is 5.51. The summed E-state index contributed by atoms with van der Waals surface area (Å²) in [7, 11) is 1.74. The molecule has 2 rings (SSSR count). The van der Waals surface area contributed by atoms with Crippen LogP contribution >= 0.6 is 0 Å². The Kier molecular flexibility index (Phi) is 3.25. The number of aliphatic imine (C=N–C) groups is 1. The van der Waals surface area contributed by atoms with Crippen LogP contribution in [0.2, 0.25) is 0 Å². The summed E-state index contributed by atoms with van der Waals surface area (Å²) in [5, 5.41) is 0. The van der Waals surface area contributed by atoms with Crippen LogP contribution in [-0.4, -0.2) is 19.9 Å². The van der Waals surface area contributed by atoms with Gasteiger partial charge in [0.05, 0.1) is 6.61 Å². The second-order valence-electron chi connectivity index (χ2n) is 3.78. The van der Waals surface area contributed by atoms with Gasteiger partial charge in [0, 0.05) is 25.0 Å². The number of rotatable bonds is 2. The Labute approximate surface area is 95.6 Å². The Bertz CT molecular complexity index is 436. The molecule has 1 aliphatic heterocycles. The van der Waals surface area contributed by atoms with E-state index in [1.54, 1.807) is 19.5 Å². The number of hydrogen-bond acceptors (Lipinski definition) is 3. The maximum Gasteiger partial charge on any atom is 0.122 e. The summed E-state index contributed by atoms with van der Waals surface area (Å²) in [6.45, 7) is 0.822. The van der Waals surface area contributed by atoms with E-state index in [0.717, 1.165) is 36.3 Å². The van der Waals surface area contributed by atoms with Gasteiger partial charge in [0.1, 0.15) is 5.75 Å². The number of aryl methyl sites for hydroxylation is 1. The van der Waals surface area contributed by atoms with Crippen molar-refractivity contribution in [2.75, 3.05) is 13.7 Å². The lowest BCUT2D eigenvalue weighted by Gasteiger charge is -2.17. The molecule has 1 aliphatic rings. The van der Waals surface area contributed by atoms with Crippen LogP contribution in [0.3, 0.4) is 0 Å². The molecule has 3 nitrogen and oxygen atoms in total. The fourth-order valence-electron chi connectivity index (χ4n) is 1.89. The van der Waals surface area contributed by atoms with Gasteiger partial charge in [-0.25, -0.2) is 0 Å². The zero-order valence-electron chi connectivity index (χ0n) is 9.44. The van der Waals surface area contributed by atoms with E-state index < -0.39 is 0 Å². The number of nitrogens with two attached hydrogens (primary N) is 1. The van der Waals surface area contributed by atoms with Crippen LogP contribution in [0.1, 0.15) is 17.5 Å². The Morgan fingerprint density at radius 2 is 2.38 bits per heavy atom. The van der Waals surface area contributed by atoms with Crippen molar-refractivity contribution < 1.29 is 4.74 Å². The number of allylic oxidation sites excluding steroid dienone is 1. The molecule has 0 saturated carbocycles. The monoisotopic (exact) mass is 216 g/mol. The molecule has 3 heteroatoms.